The summed E-state index contributed by atoms with van der Waals surface area (Å²) in [6.45, 7) is 2.52. The first kappa shape index (κ1) is 14.8. The molecule has 1 aliphatic carbocycles. The SMILES string of the molecule is Cn1ccnc1-c1cnc(C[C@H]2CCN(C3CCCC3)C2)cn1. The highest BCUT2D eigenvalue weighted by Gasteiger charge is 2.30. The molecule has 122 valence electrons. The van der Waals surface area contributed by atoms with Gasteiger partial charge in [0.25, 0.3) is 0 Å². The normalized spacial score (nSPS) is 22.9. The Morgan fingerprint density at radius 3 is 2.65 bits per heavy atom. The van der Waals surface area contributed by atoms with E-state index in [4.69, 9.17) is 0 Å². The lowest BCUT2D eigenvalue weighted by Gasteiger charge is -2.23. The highest BCUT2D eigenvalue weighted by molar-refractivity contribution is 5.47. The molecule has 4 rings (SSSR count). The van der Waals surface area contributed by atoms with Gasteiger partial charge in [-0.15, -0.1) is 0 Å². The molecule has 0 amide bonds. The third kappa shape index (κ3) is 3.15. The minimum atomic E-state index is 0.740. The molecule has 0 aromatic carbocycles. The van der Waals surface area contributed by atoms with Gasteiger partial charge >= 0.3 is 0 Å². The van der Waals surface area contributed by atoms with Crippen LogP contribution in [0.2, 0.25) is 0 Å². The Balaban J connectivity index is 1.37. The van der Waals surface area contributed by atoms with Crippen LogP contribution in [0.25, 0.3) is 11.5 Å². The molecule has 2 aromatic heterocycles. The molecule has 0 spiro atoms. The zero-order valence-corrected chi connectivity index (χ0v) is 13.9. The number of imidazole rings is 1. The molecule has 0 unspecified atom stereocenters. The lowest BCUT2D eigenvalue weighted by atomic mass is 10.0. The third-order valence-electron chi connectivity index (χ3n) is 5.41. The molecule has 1 aliphatic heterocycles. The quantitative estimate of drug-likeness (QED) is 0.871. The fraction of sp³-hybridized carbons (Fsp3) is 0.611. The van der Waals surface area contributed by atoms with Crippen molar-refractivity contribution in [2.75, 3.05) is 13.1 Å². The van der Waals surface area contributed by atoms with E-state index in [-0.39, 0.29) is 0 Å². The van der Waals surface area contributed by atoms with E-state index in [2.05, 4.69) is 19.9 Å². The van der Waals surface area contributed by atoms with Crippen LogP contribution in [0.3, 0.4) is 0 Å². The van der Waals surface area contributed by atoms with E-state index >= 15 is 0 Å². The lowest BCUT2D eigenvalue weighted by molar-refractivity contribution is 0.237. The molecule has 2 aromatic rings. The van der Waals surface area contributed by atoms with Crippen molar-refractivity contribution in [3.05, 3.63) is 30.5 Å². The third-order valence-corrected chi connectivity index (χ3v) is 5.41. The van der Waals surface area contributed by atoms with Gasteiger partial charge in [-0.25, -0.2) is 9.97 Å². The Morgan fingerprint density at radius 1 is 1.09 bits per heavy atom. The van der Waals surface area contributed by atoms with Crippen LogP contribution in [0.1, 0.15) is 37.8 Å². The van der Waals surface area contributed by atoms with Crippen molar-refractivity contribution in [3.63, 3.8) is 0 Å². The molecule has 0 N–H and O–H groups in total. The lowest BCUT2D eigenvalue weighted by Crippen LogP contribution is -2.31. The van der Waals surface area contributed by atoms with Gasteiger partial charge in [0, 0.05) is 38.2 Å². The van der Waals surface area contributed by atoms with E-state index < -0.39 is 0 Å². The van der Waals surface area contributed by atoms with Crippen LogP contribution in [-0.2, 0) is 13.5 Å². The standard InChI is InChI=1S/C18H25N5/c1-22-9-7-19-18(22)17-12-20-15(11-21-17)10-14-6-8-23(13-14)16-4-2-3-5-16/h7,9,11-12,14,16H,2-6,8,10,13H2,1H3/t14-/m1/s1. The predicted octanol–water partition coefficient (Wildman–Crippen LogP) is 2.68. The molecule has 0 radical (unpaired) electrons. The number of hydrogen-bond donors (Lipinski definition) is 0. The molecule has 3 heterocycles. The number of likely N-dealkylation sites (tertiary alicyclic amines) is 1. The highest BCUT2D eigenvalue weighted by Crippen LogP contribution is 2.29. The maximum atomic E-state index is 4.63. The van der Waals surface area contributed by atoms with Crippen LogP contribution < -0.4 is 0 Å². The topological polar surface area (TPSA) is 46.8 Å². The number of aromatic nitrogens is 4. The minimum absolute atomic E-state index is 0.740. The molecule has 5 nitrogen and oxygen atoms in total. The summed E-state index contributed by atoms with van der Waals surface area (Å²) in [6, 6.07) is 0.858. The van der Waals surface area contributed by atoms with E-state index in [0.29, 0.717) is 0 Å². The summed E-state index contributed by atoms with van der Waals surface area (Å²) in [5.41, 5.74) is 1.96. The van der Waals surface area contributed by atoms with Crippen LogP contribution >= 0.6 is 0 Å². The van der Waals surface area contributed by atoms with E-state index in [1.807, 2.05) is 30.2 Å². The van der Waals surface area contributed by atoms with Crippen molar-refractivity contribution in [2.45, 2.75) is 44.6 Å². The monoisotopic (exact) mass is 311 g/mol. The van der Waals surface area contributed by atoms with Gasteiger partial charge in [0.15, 0.2) is 5.82 Å². The largest absolute Gasteiger partial charge is 0.333 e. The molecule has 2 aliphatic rings. The van der Waals surface area contributed by atoms with Crippen molar-refractivity contribution in [1.82, 2.24) is 24.4 Å². The first-order chi connectivity index (χ1) is 11.3. The molecule has 2 fully saturated rings. The second-order valence-corrected chi connectivity index (χ2v) is 7.05. The minimum Gasteiger partial charge on any atom is -0.333 e. The summed E-state index contributed by atoms with van der Waals surface area (Å²) >= 11 is 0. The fourth-order valence-corrected chi connectivity index (χ4v) is 4.11. The molecule has 23 heavy (non-hydrogen) atoms. The van der Waals surface area contributed by atoms with Crippen molar-refractivity contribution >= 4 is 0 Å². The Kier molecular flexibility index (Phi) is 4.12. The molecule has 5 heteroatoms. The van der Waals surface area contributed by atoms with Gasteiger partial charge in [-0.05, 0) is 38.1 Å². The fourth-order valence-electron chi connectivity index (χ4n) is 4.11. The first-order valence-corrected chi connectivity index (χ1v) is 8.82. The van der Waals surface area contributed by atoms with Crippen molar-refractivity contribution in [3.8, 4) is 11.5 Å². The molecular formula is C18H25N5. The van der Waals surface area contributed by atoms with Crippen molar-refractivity contribution < 1.29 is 0 Å². The van der Waals surface area contributed by atoms with Gasteiger partial charge in [-0.1, -0.05) is 12.8 Å². The van der Waals surface area contributed by atoms with Gasteiger partial charge in [0.2, 0.25) is 0 Å². The second-order valence-electron chi connectivity index (χ2n) is 7.05. The zero-order chi connectivity index (χ0) is 15.6. The van der Waals surface area contributed by atoms with E-state index in [1.165, 1.54) is 45.2 Å². The predicted molar refractivity (Wildman–Crippen MR) is 89.9 cm³/mol. The van der Waals surface area contributed by atoms with Gasteiger partial charge in [0.1, 0.15) is 5.69 Å². The number of hydrogen-bond acceptors (Lipinski definition) is 4. The molecular weight excluding hydrogens is 286 g/mol. The molecule has 1 saturated heterocycles. The van der Waals surface area contributed by atoms with Crippen LogP contribution in [0.15, 0.2) is 24.8 Å². The van der Waals surface area contributed by atoms with Gasteiger partial charge in [-0.2, -0.15) is 0 Å². The van der Waals surface area contributed by atoms with Crippen LogP contribution in [0.4, 0.5) is 0 Å². The van der Waals surface area contributed by atoms with Crippen molar-refractivity contribution in [2.24, 2.45) is 13.0 Å². The average Bonchev–Trinajstić information content (AvgIpc) is 3.29. The van der Waals surface area contributed by atoms with Gasteiger partial charge in [0.05, 0.1) is 11.9 Å². The van der Waals surface area contributed by atoms with Gasteiger partial charge in [-0.3, -0.25) is 4.98 Å². The molecule has 0 bridgehead atoms. The van der Waals surface area contributed by atoms with E-state index in [0.717, 1.165) is 35.6 Å². The Bertz CT molecular complexity index is 642. The van der Waals surface area contributed by atoms with Crippen molar-refractivity contribution in [1.29, 1.82) is 0 Å². The summed E-state index contributed by atoms with van der Waals surface area (Å²) in [5, 5.41) is 0. The second kappa shape index (κ2) is 6.40. The van der Waals surface area contributed by atoms with Crippen LogP contribution in [0.5, 0.6) is 0 Å². The molecule has 1 saturated carbocycles. The number of aryl methyl sites for hydroxylation is 1. The van der Waals surface area contributed by atoms with Gasteiger partial charge < -0.3 is 9.47 Å². The number of rotatable bonds is 4. The van der Waals surface area contributed by atoms with E-state index in [1.54, 1.807) is 6.20 Å². The Morgan fingerprint density at radius 2 is 1.96 bits per heavy atom. The highest BCUT2D eigenvalue weighted by atomic mass is 15.2. The Labute approximate surface area is 137 Å². The van der Waals surface area contributed by atoms with Crippen LogP contribution in [-0.4, -0.2) is 43.6 Å². The molecule has 1 atom stereocenters. The summed E-state index contributed by atoms with van der Waals surface area (Å²) in [6.07, 6.45) is 15.5. The smallest absolute Gasteiger partial charge is 0.159 e. The summed E-state index contributed by atoms with van der Waals surface area (Å²) in [5.74, 6) is 1.61. The Hall–Kier alpha value is -1.75. The van der Waals surface area contributed by atoms with E-state index in [9.17, 15) is 0 Å². The summed E-state index contributed by atoms with van der Waals surface area (Å²) in [7, 11) is 1.98. The van der Waals surface area contributed by atoms with Crippen LogP contribution in [0, 0.1) is 5.92 Å². The zero-order valence-electron chi connectivity index (χ0n) is 13.9. The summed E-state index contributed by atoms with van der Waals surface area (Å²) < 4.78 is 1.97. The maximum Gasteiger partial charge on any atom is 0.159 e. The summed E-state index contributed by atoms with van der Waals surface area (Å²) in [4.78, 5) is 16.2. The average molecular weight is 311 g/mol. The number of nitrogens with zero attached hydrogens (tertiary/aromatic N) is 5. The maximum absolute atomic E-state index is 4.63. The first-order valence-electron chi connectivity index (χ1n) is 8.82.